The molecular weight excluding hydrogens is 440 g/mol. The highest BCUT2D eigenvalue weighted by Crippen LogP contribution is 2.24. The summed E-state index contributed by atoms with van der Waals surface area (Å²) in [7, 11) is -3.36. The molecule has 1 unspecified atom stereocenters. The minimum atomic E-state index is -3.36. The molecule has 1 aromatic heterocycles. The van der Waals surface area contributed by atoms with Crippen LogP contribution in [-0.2, 0) is 16.4 Å². The van der Waals surface area contributed by atoms with E-state index in [1.807, 2.05) is 43.3 Å². The van der Waals surface area contributed by atoms with Gasteiger partial charge < -0.3 is 4.90 Å². The third-order valence-corrected chi connectivity index (χ3v) is 8.24. The van der Waals surface area contributed by atoms with Crippen molar-refractivity contribution < 1.29 is 8.42 Å². The Morgan fingerprint density at radius 1 is 1.09 bits per heavy atom. The number of sulfonamides is 1. The van der Waals surface area contributed by atoms with Gasteiger partial charge in [0, 0.05) is 43.6 Å². The second-order valence-corrected chi connectivity index (χ2v) is 10.8. The van der Waals surface area contributed by atoms with Gasteiger partial charge in [-0.1, -0.05) is 72.3 Å². The van der Waals surface area contributed by atoms with Gasteiger partial charge in [0.2, 0.25) is 15.2 Å². The lowest BCUT2D eigenvalue weighted by Crippen LogP contribution is -2.54. The van der Waals surface area contributed by atoms with Crippen LogP contribution in [0.4, 0.5) is 5.13 Å². The fourth-order valence-electron chi connectivity index (χ4n) is 3.83. The highest BCUT2D eigenvalue weighted by atomic mass is 32.2. The van der Waals surface area contributed by atoms with E-state index >= 15 is 0 Å². The van der Waals surface area contributed by atoms with Crippen LogP contribution in [0.2, 0.25) is 0 Å². The lowest BCUT2D eigenvalue weighted by molar-refractivity contribution is 0.307. The molecule has 168 valence electrons. The fourth-order valence-corrected chi connectivity index (χ4v) is 6.05. The first-order chi connectivity index (χ1) is 15.4. The summed E-state index contributed by atoms with van der Waals surface area (Å²) in [6, 6.07) is 18.0. The van der Waals surface area contributed by atoms with Gasteiger partial charge >= 0.3 is 0 Å². The van der Waals surface area contributed by atoms with E-state index in [2.05, 4.69) is 40.5 Å². The van der Waals surface area contributed by atoms with E-state index in [1.54, 1.807) is 10.4 Å². The van der Waals surface area contributed by atoms with Crippen LogP contribution < -0.4 is 4.90 Å². The van der Waals surface area contributed by atoms with E-state index in [0.717, 1.165) is 16.5 Å². The summed E-state index contributed by atoms with van der Waals surface area (Å²) in [5.74, 6) is 0.814. The van der Waals surface area contributed by atoms with E-state index in [1.165, 1.54) is 22.7 Å². The zero-order chi connectivity index (χ0) is 22.6. The number of aromatic nitrogens is 2. The molecule has 8 heteroatoms. The maximum atomic E-state index is 12.9. The van der Waals surface area contributed by atoms with Crippen molar-refractivity contribution in [2.45, 2.75) is 26.3 Å². The predicted octanol–water partition coefficient (Wildman–Crippen LogP) is 3.99. The van der Waals surface area contributed by atoms with E-state index in [0.29, 0.717) is 26.1 Å². The number of piperazine rings is 1. The molecule has 0 amide bonds. The van der Waals surface area contributed by atoms with Crippen molar-refractivity contribution in [1.82, 2.24) is 13.7 Å². The molecule has 1 aliphatic rings. The first-order valence-corrected chi connectivity index (χ1v) is 13.1. The number of anilines is 1. The number of aryl methyl sites for hydroxylation is 1. The summed E-state index contributed by atoms with van der Waals surface area (Å²) in [6.45, 7) is 5.71. The van der Waals surface area contributed by atoms with Crippen molar-refractivity contribution in [2.24, 2.45) is 0 Å². The number of hydrogen-bond acceptors (Lipinski definition) is 6. The van der Waals surface area contributed by atoms with Crippen molar-refractivity contribution in [3.63, 3.8) is 0 Å². The number of benzene rings is 2. The maximum Gasteiger partial charge on any atom is 0.218 e. The Hall–Kier alpha value is -2.55. The van der Waals surface area contributed by atoms with Crippen LogP contribution in [0.15, 0.2) is 60.7 Å². The first kappa shape index (κ1) is 22.6. The quantitative estimate of drug-likeness (QED) is 0.525. The minimum Gasteiger partial charge on any atom is -0.344 e. The molecule has 1 fully saturated rings. The average Bonchev–Trinajstić information content (AvgIpc) is 3.24. The number of nitrogens with zero attached hydrogens (tertiary/aromatic N) is 4. The van der Waals surface area contributed by atoms with Crippen molar-refractivity contribution in [3.05, 3.63) is 83.2 Å². The number of hydrogen-bond donors (Lipinski definition) is 0. The number of rotatable bonds is 7. The molecule has 4 rings (SSSR count). The van der Waals surface area contributed by atoms with Crippen LogP contribution in [-0.4, -0.2) is 53.5 Å². The van der Waals surface area contributed by atoms with Gasteiger partial charge in [0.15, 0.2) is 0 Å². The highest BCUT2D eigenvalue weighted by molar-refractivity contribution is 7.89. The molecule has 3 aromatic rings. The van der Waals surface area contributed by atoms with Crippen molar-refractivity contribution in [2.75, 3.05) is 30.3 Å². The lowest BCUT2D eigenvalue weighted by atomic mass is 10.1. The molecule has 0 spiro atoms. The Bertz CT molecular complexity index is 1160. The van der Waals surface area contributed by atoms with Gasteiger partial charge in [-0.15, -0.1) is 0 Å². The van der Waals surface area contributed by atoms with Gasteiger partial charge in [0.25, 0.3) is 0 Å². The molecule has 1 saturated heterocycles. The van der Waals surface area contributed by atoms with Crippen LogP contribution in [0.1, 0.15) is 29.4 Å². The van der Waals surface area contributed by atoms with Crippen molar-refractivity contribution in [1.29, 1.82) is 0 Å². The molecule has 2 aromatic carbocycles. The molecule has 0 radical (unpaired) electrons. The Labute approximate surface area is 194 Å². The van der Waals surface area contributed by atoms with Gasteiger partial charge in [0.1, 0.15) is 5.82 Å². The Morgan fingerprint density at radius 2 is 1.84 bits per heavy atom. The summed E-state index contributed by atoms with van der Waals surface area (Å²) in [6.07, 6.45) is 4.29. The molecule has 0 aliphatic carbocycles. The monoisotopic (exact) mass is 468 g/mol. The summed E-state index contributed by atoms with van der Waals surface area (Å²) < 4.78 is 31.9. The zero-order valence-electron chi connectivity index (χ0n) is 18.4. The first-order valence-electron chi connectivity index (χ1n) is 10.7. The molecule has 0 N–H and O–H groups in total. The van der Waals surface area contributed by atoms with Crippen molar-refractivity contribution in [3.8, 4) is 0 Å². The smallest absolute Gasteiger partial charge is 0.218 e. The lowest BCUT2D eigenvalue weighted by Gasteiger charge is -2.38. The molecule has 1 aliphatic heterocycles. The molecule has 1 atom stereocenters. The van der Waals surface area contributed by atoms with Gasteiger partial charge in [-0.3, -0.25) is 0 Å². The second-order valence-electron chi connectivity index (χ2n) is 8.15. The Balaban J connectivity index is 1.35. The summed E-state index contributed by atoms with van der Waals surface area (Å²) in [5.41, 5.74) is 3.42. The topological polar surface area (TPSA) is 66.4 Å². The third-order valence-electron chi connectivity index (χ3n) is 5.55. The van der Waals surface area contributed by atoms with E-state index in [-0.39, 0.29) is 11.8 Å². The van der Waals surface area contributed by atoms with Gasteiger partial charge in [0.05, 0.1) is 5.75 Å². The van der Waals surface area contributed by atoms with Gasteiger partial charge in [-0.25, -0.2) is 13.4 Å². The summed E-state index contributed by atoms with van der Waals surface area (Å²) in [5, 5.41) is 0.861. The predicted molar refractivity (Wildman–Crippen MR) is 132 cm³/mol. The summed E-state index contributed by atoms with van der Waals surface area (Å²) in [4.78, 5) is 6.86. The maximum absolute atomic E-state index is 12.9. The van der Waals surface area contributed by atoms with Crippen LogP contribution in [0.3, 0.4) is 0 Å². The molecule has 6 nitrogen and oxygen atoms in total. The van der Waals surface area contributed by atoms with E-state index in [4.69, 9.17) is 4.98 Å². The SMILES string of the molecule is Cc1ccc(Cc2nsc(N3CCN(S(=O)(=O)CC=Cc4ccccc4)C(C)C3)n2)cc1. The zero-order valence-corrected chi connectivity index (χ0v) is 20.0. The van der Waals surface area contributed by atoms with E-state index in [9.17, 15) is 8.42 Å². The Morgan fingerprint density at radius 3 is 2.56 bits per heavy atom. The van der Waals surface area contributed by atoms with Crippen LogP contribution in [0.5, 0.6) is 0 Å². The van der Waals surface area contributed by atoms with Crippen LogP contribution in [0, 0.1) is 6.92 Å². The second kappa shape index (κ2) is 9.94. The highest BCUT2D eigenvalue weighted by Gasteiger charge is 2.32. The molecular formula is C24H28N4O2S2. The largest absolute Gasteiger partial charge is 0.344 e. The fraction of sp³-hybridized carbons (Fsp3) is 0.333. The third kappa shape index (κ3) is 5.62. The summed E-state index contributed by atoms with van der Waals surface area (Å²) >= 11 is 1.39. The Kier molecular flexibility index (Phi) is 7.03. The van der Waals surface area contributed by atoms with Crippen LogP contribution >= 0.6 is 11.5 Å². The van der Waals surface area contributed by atoms with Crippen LogP contribution in [0.25, 0.3) is 6.08 Å². The van der Waals surface area contributed by atoms with Gasteiger partial charge in [-0.2, -0.15) is 8.68 Å². The van der Waals surface area contributed by atoms with Crippen molar-refractivity contribution >= 4 is 32.8 Å². The molecule has 32 heavy (non-hydrogen) atoms. The molecule has 0 bridgehead atoms. The van der Waals surface area contributed by atoms with E-state index < -0.39 is 10.0 Å². The van der Waals surface area contributed by atoms with Gasteiger partial charge in [-0.05, 0) is 25.0 Å². The molecule has 2 heterocycles. The average molecular weight is 469 g/mol. The normalized spacial score (nSPS) is 17.8. The molecule has 0 saturated carbocycles. The minimum absolute atomic E-state index is 0.00569. The standard InChI is InChI=1S/C24H28N4O2S2/c1-19-10-12-22(13-11-19)17-23-25-24(31-26-23)27-14-15-28(20(2)18-27)32(29,30)16-6-9-21-7-4-3-5-8-21/h3-13,20H,14-18H2,1-2H3.